The molecule has 0 aliphatic rings. The Morgan fingerprint density at radius 1 is 0.765 bits per heavy atom. The van der Waals surface area contributed by atoms with Crippen LogP contribution < -0.4 is 0 Å². The fraction of sp³-hybridized carbons (Fsp3) is 0.176. The van der Waals surface area contributed by atoms with Crippen molar-refractivity contribution in [1.29, 1.82) is 0 Å². The van der Waals surface area contributed by atoms with Crippen LogP contribution in [0.2, 0.25) is 0 Å². The summed E-state index contributed by atoms with van der Waals surface area (Å²) < 4.78 is 0. The summed E-state index contributed by atoms with van der Waals surface area (Å²) >= 11 is 0. The topological polar surface area (TPSA) is 0 Å². The molecule has 0 fully saturated rings. The Labute approximate surface area is 103 Å². The minimum Gasteiger partial charge on any atom is -0.0617 e. The molecule has 0 aliphatic carbocycles. The molecular weight excluding hydrogens is 204 g/mol. The van der Waals surface area contributed by atoms with Crippen LogP contribution in [0.4, 0.5) is 0 Å². The molecule has 2 rings (SSSR count). The summed E-state index contributed by atoms with van der Waals surface area (Å²) in [6, 6.07) is 16.7. The smallest absolute Gasteiger partial charge is 0.0249 e. The maximum Gasteiger partial charge on any atom is 0.0249 e. The first-order valence-corrected chi connectivity index (χ1v) is 5.95. The Bertz CT molecular complexity index is 533. The molecular formula is C17H16. The lowest BCUT2D eigenvalue weighted by Gasteiger charge is -1.95. The van der Waals surface area contributed by atoms with Gasteiger partial charge in [0.25, 0.3) is 0 Å². The second kappa shape index (κ2) is 5.37. The molecule has 0 bridgehead atoms. The number of hydrogen-bond acceptors (Lipinski definition) is 0. The third-order valence-corrected chi connectivity index (χ3v) is 2.76. The van der Waals surface area contributed by atoms with Crippen molar-refractivity contribution in [1.82, 2.24) is 0 Å². The average molecular weight is 220 g/mol. The molecule has 0 radical (unpaired) electrons. The van der Waals surface area contributed by atoms with Crippen LogP contribution in [0.3, 0.4) is 0 Å². The van der Waals surface area contributed by atoms with Crippen LogP contribution >= 0.6 is 0 Å². The Morgan fingerprint density at radius 2 is 1.24 bits per heavy atom. The van der Waals surface area contributed by atoms with Crippen molar-refractivity contribution in [3.63, 3.8) is 0 Å². The summed E-state index contributed by atoms with van der Waals surface area (Å²) in [6.45, 7) is 4.24. The zero-order valence-electron chi connectivity index (χ0n) is 10.3. The summed E-state index contributed by atoms with van der Waals surface area (Å²) in [5.41, 5.74) is 4.76. The van der Waals surface area contributed by atoms with Gasteiger partial charge in [-0.05, 0) is 43.2 Å². The van der Waals surface area contributed by atoms with Crippen molar-refractivity contribution in [3.8, 4) is 11.8 Å². The number of aryl methyl sites for hydroxylation is 2. The van der Waals surface area contributed by atoms with Gasteiger partial charge in [-0.25, -0.2) is 0 Å². The molecule has 0 amide bonds. The summed E-state index contributed by atoms with van der Waals surface area (Å²) in [5, 5.41) is 0. The van der Waals surface area contributed by atoms with Gasteiger partial charge < -0.3 is 0 Å². The van der Waals surface area contributed by atoms with Gasteiger partial charge in [-0.15, -0.1) is 0 Å². The number of hydrogen-bond donors (Lipinski definition) is 0. The van der Waals surface area contributed by atoms with E-state index in [4.69, 9.17) is 0 Å². The van der Waals surface area contributed by atoms with Gasteiger partial charge in [0, 0.05) is 11.1 Å². The summed E-state index contributed by atoms with van der Waals surface area (Å²) in [6.07, 6.45) is 1.08. The lowest BCUT2D eigenvalue weighted by molar-refractivity contribution is 1.14. The van der Waals surface area contributed by atoms with E-state index < -0.39 is 0 Å². The van der Waals surface area contributed by atoms with Crippen LogP contribution in [0, 0.1) is 18.8 Å². The SMILES string of the molecule is CCc1ccc(C#Cc2ccc(C)cc2)cc1. The maximum atomic E-state index is 3.18. The maximum absolute atomic E-state index is 3.18. The van der Waals surface area contributed by atoms with Gasteiger partial charge in [0.2, 0.25) is 0 Å². The second-order valence-electron chi connectivity index (χ2n) is 4.17. The molecule has 0 aliphatic heterocycles. The van der Waals surface area contributed by atoms with Gasteiger partial charge >= 0.3 is 0 Å². The van der Waals surface area contributed by atoms with Crippen LogP contribution in [0.1, 0.15) is 29.2 Å². The van der Waals surface area contributed by atoms with E-state index in [0.29, 0.717) is 0 Å². The van der Waals surface area contributed by atoms with Crippen LogP contribution in [0.5, 0.6) is 0 Å². The average Bonchev–Trinajstić information content (AvgIpc) is 2.39. The molecule has 0 saturated carbocycles. The molecule has 17 heavy (non-hydrogen) atoms. The van der Waals surface area contributed by atoms with Gasteiger partial charge in [-0.3, -0.25) is 0 Å². The molecule has 0 unspecified atom stereocenters. The van der Waals surface area contributed by atoms with Crippen LogP contribution in [-0.2, 0) is 6.42 Å². The summed E-state index contributed by atoms with van der Waals surface area (Å²) in [5.74, 6) is 6.36. The van der Waals surface area contributed by atoms with E-state index in [1.54, 1.807) is 0 Å². The van der Waals surface area contributed by atoms with Gasteiger partial charge in [0.05, 0.1) is 0 Å². The van der Waals surface area contributed by atoms with Crippen molar-refractivity contribution in [2.45, 2.75) is 20.3 Å². The standard InChI is InChI=1S/C17H16/c1-3-15-8-10-17(11-9-15)13-12-16-6-4-14(2)5-7-16/h4-11H,3H2,1-2H3. The van der Waals surface area contributed by atoms with E-state index in [0.717, 1.165) is 17.5 Å². The monoisotopic (exact) mass is 220 g/mol. The van der Waals surface area contributed by atoms with Gasteiger partial charge in [0.1, 0.15) is 0 Å². The quantitative estimate of drug-likeness (QED) is 0.638. The van der Waals surface area contributed by atoms with Crippen LogP contribution in [0.15, 0.2) is 48.5 Å². The van der Waals surface area contributed by atoms with E-state index in [-0.39, 0.29) is 0 Å². The van der Waals surface area contributed by atoms with E-state index in [1.165, 1.54) is 11.1 Å². The van der Waals surface area contributed by atoms with Crippen molar-refractivity contribution >= 4 is 0 Å². The fourth-order valence-corrected chi connectivity index (χ4v) is 1.61. The molecule has 0 N–H and O–H groups in total. The normalized spacial score (nSPS) is 9.53. The zero-order valence-corrected chi connectivity index (χ0v) is 10.3. The summed E-state index contributed by atoms with van der Waals surface area (Å²) in [7, 11) is 0. The molecule has 0 atom stereocenters. The third kappa shape index (κ3) is 3.23. The van der Waals surface area contributed by atoms with Crippen molar-refractivity contribution in [3.05, 3.63) is 70.8 Å². The predicted molar refractivity (Wildman–Crippen MR) is 73.0 cm³/mol. The first kappa shape index (κ1) is 11.5. The molecule has 0 heterocycles. The highest BCUT2D eigenvalue weighted by atomic mass is 13.9. The largest absolute Gasteiger partial charge is 0.0617 e. The van der Waals surface area contributed by atoms with Gasteiger partial charge in [0.15, 0.2) is 0 Å². The molecule has 0 nitrogen and oxygen atoms in total. The molecule has 0 saturated heterocycles. The van der Waals surface area contributed by atoms with Crippen LogP contribution in [-0.4, -0.2) is 0 Å². The highest BCUT2D eigenvalue weighted by Crippen LogP contribution is 2.05. The highest BCUT2D eigenvalue weighted by molar-refractivity contribution is 5.43. The number of benzene rings is 2. The van der Waals surface area contributed by atoms with E-state index >= 15 is 0 Å². The Kier molecular flexibility index (Phi) is 3.62. The molecule has 84 valence electrons. The minimum atomic E-state index is 1.06. The third-order valence-electron chi connectivity index (χ3n) is 2.76. The van der Waals surface area contributed by atoms with E-state index in [1.807, 2.05) is 0 Å². The zero-order chi connectivity index (χ0) is 12.1. The minimum absolute atomic E-state index is 1.06. The summed E-state index contributed by atoms with van der Waals surface area (Å²) in [4.78, 5) is 0. The second-order valence-corrected chi connectivity index (χ2v) is 4.17. The molecule has 0 heteroatoms. The highest BCUT2D eigenvalue weighted by Gasteiger charge is 1.89. The first-order chi connectivity index (χ1) is 8.28. The first-order valence-electron chi connectivity index (χ1n) is 5.95. The molecule has 0 spiro atoms. The van der Waals surface area contributed by atoms with Crippen LogP contribution in [0.25, 0.3) is 0 Å². The Balaban J connectivity index is 2.17. The lowest BCUT2D eigenvalue weighted by Crippen LogP contribution is -1.80. The van der Waals surface area contributed by atoms with Crippen molar-refractivity contribution < 1.29 is 0 Å². The van der Waals surface area contributed by atoms with Crippen molar-refractivity contribution in [2.24, 2.45) is 0 Å². The van der Waals surface area contributed by atoms with Crippen molar-refractivity contribution in [2.75, 3.05) is 0 Å². The Hall–Kier alpha value is -2.00. The molecule has 2 aromatic carbocycles. The predicted octanol–water partition coefficient (Wildman–Crippen LogP) is 3.96. The van der Waals surface area contributed by atoms with Gasteiger partial charge in [-0.2, -0.15) is 0 Å². The lowest BCUT2D eigenvalue weighted by atomic mass is 10.1. The number of rotatable bonds is 1. The Morgan fingerprint density at radius 3 is 1.71 bits per heavy atom. The van der Waals surface area contributed by atoms with Gasteiger partial charge in [-0.1, -0.05) is 48.6 Å². The van der Waals surface area contributed by atoms with E-state index in [2.05, 4.69) is 74.2 Å². The fourth-order valence-electron chi connectivity index (χ4n) is 1.61. The molecule has 2 aromatic rings. The molecule has 0 aromatic heterocycles. The van der Waals surface area contributed by atoms with E-state index in [9.17, 15) is 0 Å².